The van der Waals surface area contributed by atoms with Crippen LogP contribution in [0.15, 0.2) is 29.5 Å². The summed E-state index contributed by atoms with van der Waals surface area (Å²) in [5.74, 6) is -1.18. The number of halogens is 1. The number of aromatic nitrogens is 3. The predicted octanol–water partition coefficient (Wildman–Crippen LogP) is 0.225. The monoisotopic (exact) mass is 333 g/mol. The quantitative estimate of drug-likeness (QED) is 0.821. The van der Waals surface area contributed by atoms with Gasteiger partial charge < -0.3 is 19.8 Å². The first-order valence-corrected chi connectivity index (χ1v) is 7.51. The van der Waals surface area contributed by atoms with E-state index in [1.54, 1.807) is 9.80 Å². The molecule has 0 saturated carbocycles. The van der Waals surface area contributed by atoms with Crippen molar-refractivity contribution in [3.05, 3.63) is 52.2 Å². The Balaban J connectivity index is 1.67. The first kappa shape index (κ1) is 15.9. The molecule has 0 spiro atoms. The van der Waals surface area contributed by atoms with E-state index in [0.29, 0.717) is 32.6 Å². The van der Waals surface area contributed by atoms with Crippen molar-refractivity contribution in [2.45, 2.75) is 6.42 Å². The second kappa shape index (κ2) is 6.65. The number of rotatable bonds is 2. The van der Waals surface area contributed by atoms with Crippen molar-refractivity contribution in [2.75, 3.05) is 26.2 Å². The number of nitrogens with one attached hydrogen (secondary N) is 2. The molecule has 1 saturated heterocycles. The minimum absolute atomic E-state index is 0.185. The van der Waals surface area contributed by atoms with E-state index in [0.717, 1.165) is 12.3 Å². The maximum Gasteiger partial charge on any atom is 0.323 e. The van der Waals surface area contributed by atoms with Crippen LogP contribution in [0.4, 0.5) is 4.39 Å². The van der Waals surface area contributed by atoms with Gasteiger partial charge in [0.05, 0.1) is 11.8 Å². The lowest BCUT2D eigenvalue weighted by Gasteiger charge is -2.21. The van der Waals surface area contributed by atoms with Crippen molar-refractivity contribution in [1.82, 2.24) is 24.8 Å². The maximum atomic E-state index is 13.2. The summed E-state index contributed by atoms with van der Waals surface area (Å²) in [5.41, 5.74) is -0.0672. The third kappa shape index (κ3) is 3.34. The number of carbonyl (C=O) groups excluding carboxylic acids is 2. The number of carbonyl (C=O) groups is 2. The molecule has 0 aromatic carbocycles. The molecular formula is C15H16FN5O3. The average molecular weight is 333 g/mol. The predicted molar refractivity (Wildman–Crippen MR) is 82.0 cm³/mol. The Kier molecular flexibility index (Phi) is 4.41. The van der Waals surface area contributed by atoms with E-state index in [1.165, 1.54) is 12.4 Å². The summed E-state index contributed by atoms with van der Waals surface area (Å²) in [6.45, 7) is 1.59. The van der Waals surface area contributed by atoms with Crippen LogP contribution in [0, 0.1) is 5.82 Å². The van der Waals surface area contributed by atoms with Gasteiger partial charge in [0.25, 0.3) is 11.8 Å². The fraction of sp³-hybridized carbons (Fsp3) is 0.333. The number of nitrogens with zero attached hydrogens (tertiary/aromatic N) is 3. The molecule has 0 atom stereocenters. The van der Waals surface area contributed by atoms with Crippen LogP contribution in [0.25, 0.3) is 0 Å². The van der Waals surface area contributed by atoms with Gasteiger partial charge in [-0.15, -0.1) is 0 Å². The molecule has 0 aliphatic carbocycles. The second-order valence-corrected chi connectivity index (χ2v) is 5.49. The molecule has 2 N–H and O–H groups in total. The zero-order valence-electron chi connectivity index (χ0n) is 12.8. The van der Waals surface area contributed by atoms with Gasteiger partial charge in [0.15, 0.2) is 0 Å². The van der Waals surface area contributed by atoms with Crippen molar-refractivity contribution >= 4 is 11.8 Å². The van der Waals surface area contributed by atoms with E-state index in [-0.39, 0.29) is 23.1 Å². The zero-order valence-corrected chi connectivity index (χ0v) is 12.8. The van der Waals surface area contributed by atoms with E-state index in [1.807, 2.05) is 0 Å². The minimum Gasteiger partial charge on any atom is -0.337 e. The van der Waals surface area contributed by atoms with Gasteiger partial charge in [-0.25, -0.2) is 9.18 Å². The normalized spacial score (nSPS) is 15.2. The van der Waals surface area contributed by atoms with E-state index in [9.17, 15) is 18.8 Å². The molecule has 9 heteroatoms. The third-order valence-electron chi connectivity index (χ3n) is 3.85. The molecule has 1 fully saturated rings. The van der Waals surface area contributed by atoms with Crippen LogP contribution in [-0.4, -0.2) is 62.7 Å². The van der Waals surface area contributed by atoms with Gasteiger partial charge in [0, 0.05) is 38.6 Å². The summed E-state index contributed by atoms with van der Waals surface area (Å²) in [6.07, 6.45) is 4.28. The number of H-pyrrole nitrogens is 2. The summed E-state index contributed by atoms with van der Waals surface area (Å²) in [5, 5.41) is 0. The molecule has 1 aliphatic rings. The van der Waals surface area contributed by atoms with Crippen LogP contribution < -0.4 is 5.69 Å². The molecule has 0 radical (unpaired) electrons. The van der Waals surface area contributed by atoms with Crippen molar-refractivity contribution < 1.29 is 14.0 Å². The van der Waals surface area contributed by atoms with Gasteiger partial charge in [0.2, 0.25) is 0 Å². The SMILES string of the molecule is O=C(c1cncc(F)c1)N1CCCN(C(=O)c2c[nH]c(=O)[nH]2)CC1. The van der Waals surface area contributed by atoms with Crippen molar-refractivity contribution in [3.63, 3.8) is 0 Å². The molecule has 2 aromatic rings. The number of amides is 2. The topological polar surface area (TPSA) is 102 Å². The molecular weight excluding hydrogens is 317 g/mol. The second-order valence-electron chi connectivity index (χ2n) is 5.49. The van der Waals surface area contributed by atoms with Gasteiger partial charge in [-0.05, 0) is 12.5 Å². The highest BCUT2D eigenvalue weighted by Gasteiger charge is 2.24. The first-order valence-electron chi connectivity index (χ1n) is 7.51. The Labute approximate surface area is 136 Å². The highest BCUT2D eigenvalue weighted by Crippen LogP contribution is 2.11. The Morgan fingerprint density at radius 3 is 2.42 bits per heavy atom. The van der Waals surface area contributed by atoms with E-state index >= 15 is 0 Å². The minimum atomic E-state index is -0.566. The Morgan fingerprint density at radius 1 is 1.08 bits per heavy atom. The maximum absolute atomic E-state index is 13.2. The lowest BCUT2D eigenvalue weighted by molar-refractivity contribution is 0.0715. The number of aromatic amines is 2. The van der Waals surface area contributed by atoms with Gasteiger partial charge in [-0.2, -0.15) is 0 Å². The largest absolute Gasteiger partial charge is 0.337 e. The summed E-state index contributed by atoms with van der Waals surface area (Å²) in [4.78, 5) is 47.5. The first-order chi connectivity index (χ1) is 11.5. The molecule has 1 aliphatic heterocycles. The van der Waals surface area contributed by atoms with Crippen molar-refractivity contribution in [2.24, 2.45) is 0 Å². The van der Waals surface area contributed by atoms with Crippen LogP contribution in [0.3, 0.4) is 0 Å². The summed E-state index contributed by atoms with van der Waals surface area (Å²) in [6, 6.07) is 1.15. The molecule has 2 amide bonds. The summed E-state index contributed by atoms with van der Waals surface area (Å²) >= 11 is 0. The fourth-order valence-corrected chi connectivity index (χ4v) is 2.65. The number of pyridine rings is 1. The van der Waals surface area contributed by atoms with E-state index < -0.39 is 11.5 Å². The smallest absolute Gasteiger partial charge is 0.323 e. The molecule has 126 valence electrons. The van der Waals surface area contributed by atoms with Crippen LogP contribution >= 0.6 is 0 Å². The summed E-state index contributed by atoms with van der Waals surface area (Å²) in [7, 11) is 0. The highest BCUT2D eigenvalue weighted by molar-refractivity contribution is 5.94. The lowest BCUT2D eigenvalue weighted by Crippen LogP contribution is -2.37. The molecule has 3 rings (SSSR count). The zero-order chi connectivity index (χ0) is 17.1. The number of hydrogen-bond acceptors (Lipinski definition) is 4. The van der Waals surface area contributed by atoms with Gasteiger partial charge >= 0.3 is 5.69 Å². The lowest BCUT2D eigenvalue weighted by atomic mass is 10.2. The van der Waals surface area contributed by atoms with Crippen LogP contribution in [0.5, 0.6) is 0 Å². The molecule has 0 unspecified atom stereocenters. The van der Waals surface area contributed by atoms with E-state index in [2.05, 4.69) is 15.0 Å². The van der Waals surface area contributed by atoms with Gasteiger partial charge in [-0.3, -0.25) is 14.6 Å². The van der Waals surface area contributed by atoms with E-state index in [4.69, 9.17) is 0 Å². The third-order valence-corrected chi connectivity index (χ3v) is 3.85. The van der Waals surface area contributed by atoms with Crippen molar-refractivity contribution in [3.8, 4) is 0 Å². The standard InChI is InChI=1S/C15H16FN5O3/c16-11-6-10(7-17-8-11)13(22)20-2-1-3-21(5-4-20)14(23)12-9-18-15(24)19-12/h6-9H,1-5H2,(H2,18,19,24). The van der Waals surface area contributed by atoms with Crippen LogP contribution in [0.2, 0.25) is 0 Å². The Bertz CT molecular complexity index is 815. The van der Waals surface area contributed by atoms with Crippen LogP contribution in [-0.2, 0) is 0 Å². The number of hydrogen-bond donors (Lipinski definition) is 2. The molecule has 0 bridgehead atoms. The van der Waals surface area contributed by atoms with Crippen molar-refractivity contribution in [1.29, 1.82) is 0 Å². The molecule has 8 nitrogen and oxygen atoms in total. The average Bonchev–Trinajstić information content (AvgIpc) is 2.86. The fourth-order valence-electron chi connectivity index (χ4n) is 2.65. The molecule has 24 heavy (non-hydrogen) atoms. The summed E-state index contributed by atoms with van der Waals surface area (Å²) < 4.78 is 13.2. The number of imidazole rings is 1. The Hall–Kier alpha value is -2.97. The molecule has 3 heterocycles. The Morgan fingerprint density at radius 2 is 1.79 bits per heavy atom. The highest BCUT2D eigenvalue weighted by atomic mass is 19.1. The van der Waals surface area contributed by atoms with Gasteiger partial charge in [-0.1, -0.05) is 0 Å². The van der Waals surface area contributed by atoms with Crippen LogP contribution in [0.1, 0.15) is 27.3 Å². The van der Waals surface area contributed by atoms with Gasteiger partial charge in [0.1, 0.15) is 11.5 Å². The molecule has 2 aromatic heterocycles.